The average molecular weight is 270 g/mol. The molecular formula is C13H13F3N2O. The molecule has 1 atom stereocenters. The number of hydrogen-bond acceptors (Lipinski definition) is 3. The Morgan fingerprint density at radius 2 is 2.16 bits per heavy atom. The lowest BCUT2D eigenvalue weighted by Crippen LogP contribution is -2.32. The summed E-state index contributed by atoms with van der Waals surface area (Å²) >= 11 is 0. The second-order valence-corrected chi connectivity index (χ2v) is 4.51. The van der Waals surface area contributed by atoms with E-state index in [-0.39, 0.29) is 18.2 Å². The van der Waals surface area contributed by atoms with Crippen molar-refractivity contribution in [1.29, 1.82) is 5.26 Å². The summed E-state index contributed by atoms with van der Waals surface area (Å²) < 4.78 is 37.8. The summed E-state index contributed by atoms with van der Waals surface area (Å²) in [6.45, 7) is 0.581. The Labute approximate surface area is 108 Å². The second kappa shape index (κ2) is 5.10. The molecule has 1 aliphatic heterocycles. The Kier molecular flexibility index (Phi) is 3.67. The molecule has 1 aliphatic rings. The van der Waals surface area contributed by atoms with Gasteiger partial charge in [0.25, 0.3) is 0 Å². The van der Waals surface area contributed by atoms with Gasteiger partial charge in [0.15, 0.2) is 0 Å². The SMILES string of the molecule is N#Cc1cc(C(F)(F)F)ccc1N1CCC[C@@H]1CO. The van der Waals surface area contributed by atoms with Gasteiger partial charge < -0.3 is 10.0 Å². The first-order valence-corrected chi connectivity index (χ1v) is 5.96. The number of aliphatic hydroxyl groups excluding tert-OH is 1. The van der Waals surface area contributed by atoms with E-state index in [1.54, 1.807) is 11.0 Å². The van der Waals surface area contributed by atoms with Crippen molar-refractivity contribution in [3.05, 3.63) is 29.3 Å². The van der Waals surface area contributed by atoms with Gasteiger partial charge in [-0.25, -0.2) is 0 Å². The molecular weight excluding hydrogens is 257 g/mol. The molecule has 0 unspecified atom stereocenters. The van der Waals surface area contributed by atoms with Crippen LogP contribution in [0.5, 0.6) is 0 Å². The van der Waals surface area contributed by atoms with Crippen LogP contribution in [0.1, 0.15) is 24.0 Å². The van der Waals surface area contributed by atoms with E-state index in [9.17, 15) is 18.3 Å². The van der Waals surface area contributed by atoms with Crippen molar-refractivity contribution in [2.75, 3.05) is 18.1 Å². The molecule has 1 aromatic rings. The molecule has 0 spiro atoms. The predicted octanol–water partition coefficient (Wildman–Crippen LogP) is 2.54. The van der Waals surface area contributed by atoms with Crippen LogP contribution in [0, 0.1) is 11.3 Å². The highest BCUT2D eigenvalue weighted by atomic mass is 19.4. The molecule has 0 saturated carbocycles. The predicted molar refractivity (Wildman–Crippen MR) is 63.6 cm³/mol. The lowest BCUT2D eigenvalue weighted by Gasteiger charge is -2.26. The number of rotatable bonds is 2. The minimum absolute atomic E-state index is 0.00447. The summed E-state index contributed by atoms with van der Waals surface area (Å²) in [5, 5.41) is 18.3. The molecule has 6 heteroatoms. The third-order valence-electron chi connectivity index (χ3n) is 3.34. The molecule has 0 radical (unpaired) electrons. The topological polar surface area (TPSA) is 47.3 Å². The highest BCUT2D eigenvalue weighted by Crippen LogP contribution is 2.34. The number of benzene rings is 1. The first kappa shape index (κ1) is 13.7. The van der Waals surface area contributed by atoms with Crippen LogP contribution in [-0.2, 0) is 6.18 Å². The Hall–Kier alpha value is -1.74. The van der Waals surface area contributed by atoms with Gasteiger partial charge in [0.05, 0.1) is 29.5 Å². The standard InChI is InChI=1S/C13H13F3N2O/c14-13(15,16)10-3-4-12(9(6-10)7-17)18-5-1-2-11(18)8-19/h3-4,6,11,19H,1-2,5,8H2/t11-/m1/s1. The summed E-state index contributed by atoms with van der Waals surface area (Å²) in [6, 6.07) is 4.84. The summed E-state index contributed by atoms with van der Waals surface area (Å²) in [6.07, 6.45) is -2.81. The fraction of sp³-hybridized carbons (Fsp3) is 0.462. The van der Waals surface area contributed by atoms with Crippen molar-refractivity contribution in [2.45, 2.75) is 25.1 Å². The highest BCUT2D eigenvalue weighted by Gasteiger charge is 2.32. The average Bonchev–Trinajstić information content (AvgIpc) is 2.84. The van der Waals surface area contributed by atoms with E-state index >= 15 is 0 Å². The number of aliphatic hydroxyl groups is 1. The normalized spacial score (nSPS) is 19.5. The second-order valence-electron chi connectivity index (χ2n) is 4.51. The first-order valence-electron chi connectivity index (χ1n) is 5.96. The summed E-state index contributed by atoms with van der Waals surface area (Å²) in [5.41, 5.74) is -0.366. The maximum atomic E-state index is 12.6. The smallest absolute Gasteiger partial charge is 0.394 e. The summed E-state index contributed by atoms with van der Waals surface area (Å²) in [4.78, 5) is 1.80. The fourth-order valence-electron chi connectivity index (χ4n) is 2.40. The van der Waals surface area contributed by atoms with Crippen LogP contribution in [0.4, 0.5) is 18.9 Å². The van der Waals surface area contributed by atoms with E-state index < -0.39 is 11.7 Å². The zero-order chi connectivity index (χ0) is 14.0. The highest BCUT2D eigenvalue weighted by molar-refractivity contribution is 5.62. The Morgan fingerprint density at radius 1 is 1.42 bits per heavy atom. The van der Waals surface area contributed by atoms with E-state index in [4.69, 9.17) is 5.26 Å². The van der Waals surface area contributed by atoms with Crippen molar-refractivity contribution in [1.82, 2.24) is 0 Å². The number of nitriles is 1. The van der Waals surface area contributed by atoms with Crippen LogP contribution >= 0.6 is 0 Å². The van der Waals surface area contributed by atoms with Crippen molar-refractivity contribution < 1.29 is 18.3 Å². The van der Waals surface area contributed by atoms with Crippen LogP contribution in [-0.4, -0.2) is 24.3 Å². The third kappa shape index (κ3) is 2.66. The molecule has 0 aliphatic carbocycles. The van der Waals surface area contributed by atoms with Gasteiger partial charge in [-0.3, -0.25) is 0 Å². The molecule has 1 saturated heterocycles. The molecule has 102 valence electrons. The number of nitrogens with zero attached hydrogens (tertiary/aromatic N) is 2. The van der Waals surface area contributed by atoms with Gasteiger partial charge in [0.2, 0.25) is 0 Å². The maximum Gasteiger partial charge on any atom is 0.416 e. The molecule has 19 heavy (non-hydrogen) atoms. The molecule has 1 heterocycles. The van der Waals surface area contributed by atoms with E-state index in [0.717, 1.165) is 25.0 Å². The maximum absolute atomic E-state index is 12.6. The first-order chi connectivity index (χ1) is 8.97. The largest absolute Gasteiger partial charge is 0.416 e. The lowest BCUT2D eigenvalue weighted by atomic mass is 10.1. The van der Waals surface area contributed by atoms with Gasteiger partial charge in [0, 0.05) is 6.54 Å². The van der Waals surface area contributed by atoms with Crippen LogP contribution in [0.3, 0.4) is 0 Å². The monoisotopic (exact) mass is 270 g/mol. The Bertz CT molecular complexity index is 508. The summed E-state index contributed by atoms with van der Waals surface area (Å²) in [5.74, 6) is 0. The van der Waals surface area contributed by atoms with Crippen molar-refractivity contribution in [3.63, 3.8) is 0 Å². The molecule has 2 rings (SSSR count). The number of hydrogen-bond donors (Lipinski definition) is 1. The van der Waals surface area contributed by atoms with Gasteiger partial charge in [-0.1, -0.05) is 0 Å². The molecule has 0 bridgehead atoms. The minimum atomic E-state index is -4.45. The number of alkyl halides is 3. The van der Waals surface area contributed by atoms with Gasteiger partial charge in [0.1, 0.15) is 6.07 Å². The Balaban J connectivity index is 2.40. The minimum Gasteiger partial charge on any atom is -0.394 e. The third-order valence-corrected chi connectivity index (χ3v) is 3.34. The van der Waals surface area contributed by atoms with Gasteiger partial charge in [-0.2, -0.15) is 18.4 Å². The molecule has 1 aromatic carbocycles. The van der Waals surface area contributed by atoms with Crippen molar-refractivity contribution in [2.24, 2.45) is 0 Å². The fourth-order valence-corrected chi connectivity index (χ4v) is 2.40. The van der Waals surface area contributed by atoms with Crippen LogP contribution in [0.2, 0.25) is 0 Å². The van der Waals surface area contributed by atoms with Crippen molar-refractivity contribution in [3.8, 4) is 6.07 Å². The number of halogens is 3. The van der Waals surface area contributed by atoms with E-state index in [2.05, 4.69) is 0 Å². The van der Waals surface area contributed by atoms with E-state index in [1.807, 2.05) is 0 Å². The van der Waals surface area contributed by atoms with Crippen LogP contribution in [0.25, 0.3) is 0 Å². The van der Waals surface area contributed by atoms with Crippen LogP contribution in [0.15, 0.2) is 18.2 Å². The van der Waals surface area contributed by atoms with Crippen LogP contribution < -0.4 is 4.90 Å². The van der Waals surface area contributed by atoms with E-state index in [0.29, 0.717) is 12.2 Å². The molecule has 0 amide bonds. The van der Waals surface area contributed by atoms with Gasteiger partial charge in [-0.05, 0) is 31.0 Å². The Morgan fingerprint density at radius 3 is 2.74 bits per heavy atom. The van der Waals surface area contributed by atoms with Crippen molar-refractivity contribution >= 4 is 5.69 Å². The zero-order valence-corrected chi connectivity index (χ0v) is 10.1. The van der Waals surface area contributed by atoms with Gasteiger partial charge in [-0.15, -0.1) is 0 Å². The summed E-state index contributed by atoms with van der Waals surface area (Å²) in [7, 11) is 0. The molecule has 1 fully saturated rings. The zero-order valence-electron chi connectivity index (χ0n) is 10.1. The molecule has 0 aromatic heterocycles. The quantitative estimate of drug-likeness (QED) is 0.898. The van der Waals surface area contributed by atoms with E-state index in [1.165, 1.54) is 6.07 Å². The lowest BCUT2D eigenvalue weighted by molar-refractivity contribution is -0.137. The molecule has 1 N–H and O–H groups in total. The number of anilines is 1. The van der Waals surface area contributed by atoms with Gasteiger partial charge >= 0.3 is 6.18 Å². The molecule has 3 nitrogen and oxygen atoms in total.